The molecule has 1 amide bonds. The van der Waals surface area contributed by atoms with Crippen molar-refractivity contribution in [2.24, 2.45) is 5.92 Å². The first-order valence-electron chi connectivity index (χ1n) is 6.55. The van der Waals surface area contributed by atoms with Crippen molar-refractivity contribution in [3.63, 3.8) is 0 Å². The molecule has 0 aliphatic carbocycles. The van der Waals surface area contributed by atoms with Crippen LogP contribution >= 0.6 is 0 Å². The van der Waals surface area contributed by atoms with Gasteiger partial charge in [-0.15, -0.1) is 0 Å². The summed E-state index contributed by atoms with van der Waals surface area (Å²) in [5, 5.41) is 0. The van der Waals surface area contributed by atoms with Crippen LogP contribution < -0.4 is 0 Å². The molecule has 1 atom stereocenters. The SMILES string of the molecule is CCC(C)CN(CC)C(=O)c1ccc(F)cc1C. The van der Waals surface area contributed by atoms with E-state index >= 15 is 0 Å². The second-order valence-corrected chi connectivity index (χ2v) is 4.82. The zero-order valence-electron chi connectivity index (χ0n) is 11.7. The molecule has 0 saturated heterocycles. The highest BCUT2D eigenvalue weighted by Gasteiger charge is 2.17. The normalized spacial score (nSPS) is 12.3. The van der Waals surface area contributed by atoms with Gasteiger partial charge in [-0.2, -0.15) is 0 Å². The molecule has 0 fully saturated rings. The lowest BCUT2D eigenvalue weighted by Crippen LogP contribution is -2.34. The fourth-order valence-corrected chi connectivity index (χ4v) is 1.90. The largest absolute Gasteiger partial charge is 0.339 e. The average molecular weight is 251 g/mol. The number of carbonyl (C=O) groups excluding carboxylic acids is 1. The Kier molecular flexibility index (Phi) is 5.32. The molecule has 0 spiro atoms. The van der Waals surface area contributed by atoms with Gasteiger partial charge in [-0.25, -0.2) is 4.39 Å². The Bertz CT molecular complexity index is 417. The van der Waals surface area contributed by atoms with Gasteiger partial charge in [0.15, 0.2) is 0 Å². The van der Waals surface area contributed by atoms with Gasteiger partial charge in [0.2, 0.25) is 0 Å². The lowest BCUT2D eigenvalue weighted by Gasteiger charge is -2.24. The lowest BCUT2D eigenvalue weighted by molar-refractivity contribution is 0.0740. The maximum atomic E-state index is 13.0. The van der Waals surface area contributed by atoms with E-state index in [9.17, 15) is 9.18 Å². The number of hydrogen-bond acceptors (Lipinski definition) is 1. The summed E-state index contributed by atoms with van der Waals surface area (Å²) < 4.78 is 13.0. The minimum atomic E-state index is -0.297. The molecule has 0 aliphatic heterocycles. The van der Waals surface area contributed by atoms with Crippen molar-refractivity contribution in [1.82, 2.24) is 4.90 Å². The molecule has 1 unspecified atom stereocenters. The van der Waals surface area contributed by atoms with Gasteiger partial charge < -0.3 is 4.90 Å². The molecule has 0 N–H and O–H groups in total. The van der Waals surface area contributed by atoms with Crippen molar-refractivity contribution in [3.8, 4) is 0 Å². The molecule has 0 aromatic heterocycles. The van der Waals surface area contributed by atoms with Crippen molar-refractivity contribution in [1.29, 1.82) is 0 Å². The summed E-state index contributed by atoms with van der Waals surface area (Å²) in [4.78, 5) is 14.2. The zero-order valence-corrected chi connectivity index (χ0v) is 11.7. The van der Waals surface area contributed by atoms with Crippen molar-refractivity contribution >= 4 is 5.91 Å². The third kappa shape index (κ3) is 3.56. The molecule has 1 aromatic rings. The summed E-state index contributed by atoms with van der Waals surface area (Å²) in [5.41, 5.74) is 1.30. The van der Waals surface area contributed by atoms with Crippen molar-refractivity contribution in [3.05, 3.63) is 35.1 Å². The number of rotatable bonds is 5. The predicted molar refractivity (Wildman–Crippen MR) is 72.2 cm³/mol. The lowest BCUT2D eigenvalue weighted by atomic mass is 10.1. The maximum Gasteiger partial charge on any atom is 0.254 e. The van der Waals surface area contributed by atoms with E-state index in [0.29, 0.717) is 23.6 Å². The van der Waals surface area contributed by atoms with Gasteiger partial charge in [-0.3, -0.25) is 4.79 Å². The van der Waals surface area contributed by atoms with E-state index in [1.54, 1.807) is 13.0 Å². The summed E-state index contributed by atoms with van der Waals surface area (Å²) in [6.45, 7) is 9.43. The van der Waals surface area contributed by atoms with E-state index in [4.69, 9.17) is 0 Å². The first-order chi connectivity index (χ1) is 8.49. The first-order valence-corrected chi connectivity index (χ1v) is 6.55. The van der Waals surface area contributed by atoms with Gasteiger partial charge in [0, 0.05) is 18.7 Å². The van der Waals surface area contributed by atoms with Gasteiger partial charge in [0.25, 0.3) is 5.91 Å². The van der Waals surface area contributed by atoms with Crippen molar-refractivity contribution < 1.29 is 9.18 Å². The molecule has 100 valence electrons. The summed E-state index contributed by atoms with van der Waals surface area (Å²) in [7, 11) is 0. The smallest absolute Gasteiger partial charge is 0.254 e. The van der Waals surface area contributed by atoms with Crippen LogP contribution in [0.1, 0.15) is 43.1 Å². The molecular formula is C15H22FNO. The topological polar surface area (TPSA) is 20.3 Å². The van der Waals surface area contributed by atoms with Crippen LogP contribution in [0.2, 0.25) is 0 Å². The Morgan fingerprint density at radius 1 is 1.39 bits per heavy atom. The molecule has 0 aliphatic rings. The van der Waals surface area contributed by atoms with Gasteiger partial charge in [-0.05, 0) is 43.5 Å². The molecular weight excluding hydrogens is 229 g/mol. The number of benzene rings is 1. The van der Waals surface area contributed by atoms with Crippen LogP contribution in [0.4, 0.5) is 4.39 Å². The van der Waals surface area contributed by atoms with E-state index in [1.807, 2.05) is 11.8 Å². The van der Waals surface area contributed by atoms with Crippen LogP contribution in [0.25, 0.3) is 0 Å². The Hall–Kier alpha value is -1.38. The number of hydrogen-bond donors (Lipinski definition) is 0. The highest BCUT2D eigenvalue weighted by molar-refractivity contribution is 5.95. The van der Waals surface area contributed by atoms with Crippen LogP contribution in [-0.4, -0.2) is 23.9 Å². The fraction of sp³-hybridized carbons (Fsp3) is 0.533. The second-order valence-electron chi connectivity index (χ2n) is 4.82. The van der Waals surface area contributed by atoms with Crippen LogP contribution in [-0.2, 0) is 0 Å². The van der Waals surface area contributed by atoms with Gasteiger partial charge >= 0.3 is 0 Å². The molecule has 18 heavy (non-hydrogen) atoms. The number of carbonyl (C=O) groups is 1. The molecule has 0 saturated carbocycles. The molecule has 2 nitrogen and oxygen atoms in total. The van der Waals surface area contributed by atoms with E-state index in [0.717, 1.165) is 13.0 Å². The van der Waals surface area contributed by atoms with Crippen LogP contribution in [0.15, 0.2) is 18.2 Å². The minimum absolute atomic E-state index is 0.00435. The zero-order chi connectivity index (χ0) is 13.7. The van der Waals surface area contributed by atoms with E-state index in [1.165, 1.54) is 12.1 Å². The quantitative estimate of drug-likeness (QED) is 0.782. The van der Waals surface area contributed by atoms with E-state index in [2.05, 4.69) is 13.8 Å². The number of aryl methyl sites for hydroxylation is 1. The van der Waals surface area contributed by atoms with Gasteiger partial charge in [0.1, 0.15) is 5.82 Å². The molecule has 1 rings (SSSR count). The van der Waals surface area contributed by atoms with Crippen LogP contribution in [0, 0.1) is 18.7 Å². The van der Waals surface area contributed by atoms with Crippen molar-refractivity contribution in [2.75, 3.05) is 13.1 Å². The second kappa shape index (κ2) is 6.53. The predicted octanol–water partition coefficient (Wildman–Crippen LogP) is 3.64. The molecule has 1 aromatic carbocycles. The Labute approximate surface area is 109 Å². The summed E-state index contributed by atoms with van der Waals surface area (Å²) in [6.07, 6.45) is 1.05. The number of nitrogens with zero attached hydrogens (tertiary/aromatic N) is 1. The number of halogens is 1. The Balaban J connectivity index is 2.89. The Morgan fingerprint density at radius 3 is 2.56 bits per heavy atom. The standard InChI is InChI=1S/C15H22FNO/c1-5-11(3)10-17(6-2)15(18)14-8-7-13(16)9-12(14)4/h7-9,11H,5-6,10H2,1-4H3. The van der Waals surface area contributed by atoms with Gasteiger partial charge in [0.05, 0.1) is 0 Å². The monoisotopic (exact) mass is 251 g/mol. The van der Waals surface area contributed by atoms with Crippen molar-refractivity contribution in [2.45, 2.75) is 34.1 Å². The number of amides is 1. The highest BCUT2D eigenvalue weighted by Crippen LogP contribution is 2.14. The minimum Gasteiger partial charge on any atom is -0.339 e. The molecule has 0 heterocycles. The van der Waals surface area contributed by atoms with Crippen LogP contribution in [0.5, 0.6) is 0 Å². The van der Waals surface area contributed by atoms with E-state index < -0.39 is 0 Å². The first kappa shape index (κ1) is 14.7. The van der Waals surface area contributed by atoms with Crippen LogP contribution in [0.3, 0.4) is 0 Å². The summed E-state index contributed by atoms with van der Waals surface area (Å²) >= 11 is 0. The summed E-state index contributed by atoms with van der Waals surface area (Å²) in [5.74, 6) is 0.180. The average Bonchev–Trinajstić information content (AvgIpc) is 2.34. The third-order valence-electron chi connectivity index (χ3n) is 3.32. The highest BCUT2D eigenvalue weighted by atomic mass is 19.1. The van der Waals surface area contributed by atoms with E-state index in [-0.39, 0.29) is 11.7 Å². The molecule has 3 heteroatoms. The molecule has 0 radical (unpaired) electrons. The fourth-order valence-electron chi connectivity index (χ4n) is 1.90. The maximum absolute atomic E-state index is 13.0. The van der Waals surface area contributed by atoms with Gasteiger partial charge in [-0.1, -0.05) is 20.3 Å². The Morgan fingerprint density at radius 2 is 2.06 bits per heavy atom. The third-order valence-corrected chi connectivity index (χ3v) is 3.32. The summed E-state index contributed by atoms with van der Waals surface area (Å²) in [6, 6.07) is 4.33. The molecule has 0 bridgehead atoms.